The lowest BCUT2D eigenvalue weighted by Crippen LogP contribution is -2.45. The van der Waals surface area contributed by atoms with Crippen LogP contribution in [0.5, 0.6) is 0 Å². The number of amides is 2. The second-order valence-electron chi connectivity index (χ2n) is 7.01. The molecule has 1 atom stereocenters. The fourth-order valence-electron chi connectivity index (χ4n) is 2.73. The van der Waals surface area contributed by atoms with Crippen LogP contribution < -0.4 is 5.32 Å². The highest BCUT2D eigenvalue weighted by atomic mass is 32.2. The number of carboxylic acids is 1. The number of thioether (sulfide) groups is 1. The minimum atomic E-state index is -1.08. The number of nitrogens with zero attached hydrogens (tertiary/aromatic N) is 1. The number of allylic oxidation sites excluding steroid dienone is 2. The van der Waals surface area contributed by atoms with Crippen LogP contribution in [0.15, 0.2) is 46.9 Å². The van der Waals surface area contributed by atoms with Gasteiger partial charge in [0.25, 0.3) is 5.91 Å². The van der Waals surface area contributed by atoms with Gasteiger partial charge in [-0.05, 0) is 30.1 Å². The van der Waals surface area contributed by atoms with E-state index in [-0.39, 0.29) is 24.8 Å². The number of aliphatic carboxylic acids is 1. The largest absolute Gasteiger partial charge is 0.480 e. The van der Waals surface area contributed by atoms with Crippen molar-refractivity contribution in [3.8, 4) is 0 Å². The monoisotopic (exact) mass is 432 g/mol. The molecule has 2 amide bonds. The number of carboxylic acid groups (broad SMARTS) is 1. The molecular formula is C21H24N2O4S2. The zero-order valence-corrected chi connectivity index (χ0v) is 18.2. The smallest absolute Gasteiger partial charge is 0.326 e. The number of carbonyl (C=O) groups excluding carboxylic acids is 2. The van der Waals surface area contributed by atoms with Crippen LogP contribution in [0.25, 0.3) is 6.08 Å². The van der Waals surface area contributed by atoms with E-state index in [1.165, 1.54) is 16.7 Å². The van der Waals surface area contributed by atoms with Crippen molar-refractivity contribution in [1.29, 1.82) is 0 Å². The Morgan fingerprint density at radius 2 is 1.93 bits per heavy atom. The van der Waals surface area contributed by atoms with Crippen LogP contribution in [-0.2, 0) is 14.4 Å². The summed E-state index contributed by atoms with van der Waals surface area (Å²) in [5.74, 6) is -1.99. The van der Waals surface area contributed by atoms with Crippen molar-refractivity contribution >= 4 is 52.2 Å². The first-order valence-corrected chi connectivity index (χ1v) is 10.4. The van der Waals surface area contributed by atoms with E-state index in [9.17, 15) is 14.4 Å². The SMILES string of the molecule is CC(=C/c1ccccc1)/C=C1/SC(=S)N(CCC(=O)NC(C(=O)O)C(C)C)C1=O. The fourth-order valence-corrected chi connectivity index (χ4v) is 4.08. The Morgan fingerprint density at radius 3 is 2.52 bits per heavy atom. The van der Waals surface area contributed by atoms with Gasteiger partial charge < -0.3 is 10.4 Å². The summed E-state index contributed by atoms with van der Waals surface area (Å²) in [6.45, 7) is 5.46. The number of hydrogen-bond acceptors (Lipinski definition) is 5. The van der Waals surface area contributed by atoms with E-state index in [1.807, 2.05) is 43.3 Å². The second-order valence-corrected chi connectivity index (χ2v) is 8.69. The number of nitrogens with one attached hydrogen (secondary N) is 1. The molecule has 1 saturated heterocycles. The van der Waals surface area contributed by atoms with Crippen molar-refractivity contribution in [3.05, 3.63) is 52.4 Å². The third kappa shape index (κ3) is 6.54. The molecule has 0 bridgehead atoms. The molecule has 1 unspecified atom stereocenters. The summed E-state index contributed by atoms with van der Waals surface area (Å²) < 4.78 is 0.389. The van der Waals surface area contributed by atoms with E-state index in [4.69, 9.17) is 17.3 Å². The standard InChI is InChI=1S/C21H24N2O4S2/c1-13(2)18(20(26)27)22-17(24)9-10-23-19(25)16(29-21(23)28)12-14(3)11-15-7-5-4-6-8-15/h4-8,11-13,18H,9-10H2,1-3H3,(H,22,24)(H,26,27)/b14-11-,16-12+. The Kier molecular flexibility index (Phi) is 8.16. The molecule has 0 spiro atoms. The molecule has 1 aromatic carbocycles. The van der Waals surface area contributed by atoms with Crippen molar-refractivity contribution in [1.82, 2.24) is 10.2 Å². The van der Waals surface area contributed by atoms with E-state index in [2.05, 4.69) is 5.32 Å². The molecule has 1 aliphatic heterocycles. The molecule has 0 aromatic heterocycles. The number of hydrogen-bond donors (Lipinski definition) is 2. The number of benzene rings is 1. The maximum absolute atomic E-state index is 12.7. The predicted octanol–water partition coefficient (Wildman–Crippen LogP) is 3.45. The second kappa shape index (κ2) is 10.4. The van der Waals surface area contributed by atoms with Crippen molar-refractivity contribution in [2.75, 3.05) is 6.54 Å². The van der Waals surface area contributed by atoms with Crippen LogP contribution in [0.3, 0.4) is 0 Å². The quantitative estimate of drug-likeness (QED) is 0.483. The Hall–Kier alpha value is -2.45. The summed E-state index contributed by atoms with van der Waals surface area (Å²) in [5.41, 5.74) is 1.95. The number of rotatable bonds is 8. The zero-order valence-electron chi connectivity index (χ0n) is 16.5. The topological polar surface area (TPSA) is 86.7 Å². The van der Waals surface area contributed by atoms with Crippen molar-refractivity contribution in [3.63, 3.8) is 0 Å². The molecule has 0 radical (unpaired) electrons. The minimum absolute atomic E-state index is 0.0188. The lowest BCUT2D eigenvalue weighted by atomic mass is 10.0. The van der Waals surface area contributed by atoms with Gasteiger partial charge in [0, 0.05) is 13.0 Å². The Labute approximate surface area is 180 Å². The van der Waals surface area contributed by atoms with E-state index in [1.54, 1.807) is 19.9 Å². The Balaban J connectivity index is 1.99. The molecule has 1 fully saturated rings. The lowest BCUT2D eigenvalue weighted by Gasteiger charge is -2.19. The molecule has 1 aromatic rings. The van der Waals surface area contributed by atoms with Crippen molar-refractivity contribution < 1.29 is 19.5 Å². The molecule has 1 aliphatic rings. The Bertz CT molecular complexity index is 863. The lowest BCUT2D eigenvalue weighted by molar-refractivity contribution is -0.143. The third-order valence-corrected chi connectivity index (χ3v) is 5.62. The van der Waals surface area contributed by atoms with Crippen LogP contribution in [0, 0.1) is 5.92 Å². The average Bonchev–Trinajstić information content (AvgIpc) is 2.91. The summed E-state index contributed by atoms with van der Waals surface area (Å²) in [7, 11) is 0. The van der Waals surface area contributed by atoms with Gasteiger partial charge in [-0.15, -0.1) is 0 Å². The van der Waals surface area contributed by atoms with Gasteiger partial charge in [0.2, 0.25) is 5.91 Å². The maximum Gasteiger partial charge on any atom is 0.326 e. The fraction of sp³-hybridized carbons (Fsp3) is 0.333. The van der Waals surface area contributed by atoms with Gasteiger partial charge in [-0.1, -0.05) is 74.2 Å². The predicted molar refractivity (Wildman–Crippen MR) is 119 cm³/mol. The van der Waals surface area contributed by atoms with E-state index >= 15 is 0 Å². The van der Waals surface area contributed by atoms with Gasteiger partial charge in [0.15, 0.2) is 0 Å². The molecule has 1 heterocycles. The van der Waals surface area contributed by atoms with Gasteiger partial charge in [-0.3, -0.25) is 14.5 Å². The highest BCUT2D eigenvalue weighted by Crippen LogP contribution is 2.32. The molecule has 154 valence electrons. The molecule has 29 heavy (non-hydrogen) atoms. The first kappa shape index (κ1) is 22.8. The van der Waals surface area contributed by atoms with Crippen LogP contribution in [-0.4, -0.2) is 44.7 Å². The van der Waals surface area contributed by atoms with Crippen LogP contribution in [0.4, 0.5) is 0 Å². The van der Waals surface area contributed by atoms with Gasteiger partial charge in [-0.2, -0.15) is 0 Å². The summed E-state index contributed by atoms with van der Waals surface area (Å²) in [6.07, 6.45) is 3.73. The highest BCUT2D eigenvalue weighted by molar-refractivity contribution is 8.26. The molecule has 8 heteroatoms. The van der Waals surface area contributed by atoms with Gasteiger partial charge in [-0.25, -0.2) is 4.79 Å². The van der Waals surface area contributed by atoms with E-state index in [0.29, 0.717) is 9.23 Å². The van der Waals surface area contributed by atoms with E-state index in [0.717, 1.165) is 11.1 Å². The molecule has 0 aliphatic carbocycles. The first-order chi connectivity index (χ1) is 13.7. The maximum atomic E-state index is 12.7. The highest BCUT2D eigenvalue weighted by Gasteiger charge is 2.32. The van der Waals surface area contributed by atoms with Crippen LogP contribution >= 0.6 is 24.0 Å². The molecule has 2 rings (SSSR count). The molecular weight excluding hydrogens is 408 g/mol. The van der Waals surface area contributed by atoms with Crippen LogP contribution in [0.2, 0.25) is 0 Å². The summed E-state index contributed by atoms with van der Waals surface area (Å²) in [4.78, 5) is 37.8. The summed E-state index contributed by atoms with van der Waals surface area (Å²) >= 11 is 6.48. The van der Waals surface area contributed by atoms with Gasteiger partial charge in [0.1, 0.15) is 10.4 Å². The molecule has 0 saturated carbocycles. The minimum Gasteiger partial charge on any atom is -0.480 e. The number of thiocarbonyl (C=S) groups is 1. The first-order valence-electron chi connectivity index (χ1n) is 9.20. The van der Waals surface area contributed by atoms with Crippen LogP contribution in [0.1, 0.15) is 32.8 Å². The number of carbonyl (C=O) groups is 3. The average molecular weight is 433 g/mol. The molecule has 2 N–H and O–H groups in total. The normalized spacial score (nSPS) is 17.2. The van der Waals surface area contributed by atoms with E-state index < -0.39 is 17.9 Å². The molecule has 6 nitrogen and oxygen atoms in total. The summed E-state index contributed by atoms with van der Waals surface area (Å²) in [6, 6.07) is 8.81. The van der Waals surface area contributed by atoms with Gasteiger partial charge in [0.05, 0.1) is 4.91 Å². The van der Waals surface area contributed by atoms with Crippen molar-refractivity contribution in [2.45, 2.75) is 33.2 Å². The Morgan fingerprint density at radius 1 is 1.28 bits per heavy atom. The van der Waals surface area contributed by atoms with Crippen molar-refractivity contribution in [2.24, 2.45) is 5.92 Å². The zero-order chi connectivity index (χ0) is 21.6. The van der Waals surface area contributed by atoms with Gasteiger partial charge >= 0.3 is 5.97 Å². The summed E-state index contributed by atoms with van der Waals surface area (Å²) in [5, 5.41) is 11.7. The third-order valence-electron chi connectivity index (χ3n) is 4.24.